The first-order chi connectivity index (χ1) is 13.8. The zero-order valence-electron chi connectivity index (χ0n) is 15.6. The molecule has 2 aromatic heterocycles. The molecule has 2 aromatic carbocycles. The number of hydrogen-bond donors (Lipinski definition) is 0. The van der Waals surface area contributed by atoms with Crippen LogP contribution in [0.5, 0.6) is 0 Å². The molecule has 140 valence electrons. The molecule has 0 atom stereocenters. The molecule has 28 heavy (non-hydrogen) atoms. The van der Waals surface area contributed by atoms with Crippen molar-refractivity contribution >= 4 is 16.7 Å². The molecule has 0 N–H and O–H groups in total. The maximum atomic E-state index is 5.55. The number of hydrogen-bond acceptors (Lipinski definition) is 6. The van der Waals surface area contributed by atoms with Gasteiger partial charge < -0.3 is 14.2 Å². The summed E-state index contributed by atoms with van der Waals surface area (Å²) in [6.07, 6.45) is 0. The van der Waals surface area contributed by atoms with Gasteiger partial charge >= 0.3 is 0 Å². The van der Waals surface area contributed by atoms with E-state index in [1.54, 1.807) is 0 Å². The zero-order valence-corrected chi connectivity index (χ0v) is 15.6. The van der Waals surface area contributed by atoms with Gasteiger partial charge in [0.25, 0.3) is 5.89 Å². The highest BCUT2D eigenvalue weighted by Crippen LogP contribution is 2.33. The SMILES string of the molecule is Cc1cccc2cc(-c3noc(-c4ccccc4)n3)c(N3CCOCC3)nc12. The fourth-order valence-electron chi connectivity index (χ4n) is 3.55. The molecule has 0 bridgehead atoms. The molecule has 4 aromatic rings. The molecule has 0 saturated carbocycles. The van der Waals surface area contributed by atoms with Crippen molar-refractivity contribution in [2.24, 2.45) is 0 Å². The summed E-state index contributed by atoms with van der Waals surface area (Å²) in [5, 5.41) is 5.33. The van der Waals surface area contributed by atoms with Crippen molar-refractivity contribution in [3.63, 3.8) is 0 Å². The molecule has 0 amide bonds. The Morgan fingerprint density at radius 2 is 1.75 bits per heavy atom. The third-order valence-corrected chi connectivity index (χ3v) is 5.03. The van der Waals surface area contributed by atoms with Gasteiger partial charge in [0.15, 0.2) is 0 Å². The van der Waals surface area contributed by atoms with E-state index in [1.807, 2.05) is 36.4 Å². The van der Waals surface area contributed by atoms with Gasteiger partial charge in [0.1, 0.15) is 5.82 Å². The number of morpholine rings is 1. The number of benzene rings is 2. The van der Waals surface area contributed by atoms with Crippen LogP contribution >= 0.6 is 0 Å². The lowest BCUT2D eigenvalue weighted by atomic mass is 10.1. The minimum Gasteiger partial charge on any atom is -0.378 e. The maximum Gasteiger partial charge on any atom is 0.258 e. The second kappa shape index (κ2) is 7.05. The van der Waals surface area contributed by atoms with Gasteiger partial charge in [-0.25, -0.2) is 4.98 Å². The molecule has 0 radical (unpaired) electrons. The third-order valence-electron chi connectivity index (χ3n) is 5.03. The van der Waals surface area contributed by atoms with Crippen molar-refractivity contribution in [1.82, 2.24) is 15.1 Å². The smallest absolute Gasteiger partial charge is 0.258 e. The predicted octanol–water partition coefficient (Wildman–Crippen LogP) is 4.10. The molecule has 1 aliphatic rings. The van der Waals surface area contributed by atoms with E-state index in [0.717, 1.165) is 46.5 Å². The molecule has 5 rings (SSSR count). The van der Waals surface area contributed by atoms with Crippen molar-refractivity contribution < 1.29 is 9.26 Å². The van der Waals surface area contributed by atoms with Gasteiger partial charge in [-0.2, -0.15) is 4.98 Å². The molecule has 3 heterocycles. The number of nitrogens with zero attached hydrogens (tertiary/aromatic N) is 4. The lowest BCUT2D eigenvalue weighted by Crippen LogP contribution is -2.37. The summed E-state index contributed by atoms with van der Waals surface area (Å²) < 4.78 is 11.1. The number of rotatable bonds is 3. The average molecular weight is 372 g/mol. The van der Waals surface area contributed by atoms with Crippen LogP contribution in [0.2, 0.25) is 0 Å². The summed E-state index contributed by atoms with van der Waals surface area (Å²) in [6.45, 7) is 5.05. The standard InChI is InChI=1S/C22H20N4O2/c1-15-6-5-9-17-14-18(21(23-19(15)17)26-10-12-27-13-11-26)20-24-22(28-25-20)16-7-3-2-4-8-16/h2-9,14H,10-13H2,1H3. The van der Waals surface area contributed by atoms with E-state index in [9.17, 15) is 0 Å². The summed E-state index contributed by atoms with van der Waals surface area (Å²) in [6, 6.07) is 18.1. The highest BCUT2D eigenvalue weighted by Gasteiger charge is 2.22. The molecular formula is C22H20N4O2. The number of aromatic nitrogens is 3. The summed E-state index contributed by atoms with van der Waals surface area (Å²) in [4.78, 5) is 11.9. The second-order valence-corrected chi connectivity index (χ2v) is 6.89. The lowest BCUT2D eigenvalue weighted by molar-refractivity contribution is 0.122. The first-order valence-electron chi connectivity index (χ1n) is 9.42. The minimum absolute atomic E-state index is 0.507. The van der Waals surface area contributed by atoms with Crippen LogP contribution in [0.15, 0.2) is 59.1 Å². The Balaban J connectivity index is 1.66. The van der Waals surface area contributed by atoms with Gasteiger partial charge in [-0.1, -0.05) is 41.6 Å². The minimum atomic E-state index is 0.507. The van der Waals surface area contributed by atoms with E-state index in [-0.39, 0.29) is 0 Å². The summed E-state index contributed by atoms with van der Waals surface area (Å²) in [7, 11) is 0. The quantitative estimate of drug-likeness (QED) is 0.540. The largest absolute Gasteiger partial charge is 0.378 e. The highest BCUT2D eigenvalue weighted by molar-refractivity contribution is 5.90. The van der Waals surface area contributed by atoms with Gasteiger partial charge in [-0.15, -0.1) is 0 Å². The van der Waals surface area contributed by atoms with E-state index in [0.29, 0.717) is 24.9 Å². The van der Waals surface area contributed by atoms with Crippen molar-refractivity contribution in [1.29, 1.82) is 0 Å². The highest BCUT2D eigenvalue weighted by atomic mass is 16.5. The molecule has 0 aliphatic carbocycles. The molecule has 1 saturated heterocycles. The van der Waals surface area contributed by atoms with E-state index in [2.05, 4.69) is 40.2 Å². The molecule has 1 fully saturated rings. The molecular weight excluding hydrogens is 352 g/mol. The number of pyridine rings is 1. The van der Waals surface area contributed by atoms with Crippen LogP contribution in [-0.4, -0.2) is 41.4 Å². The van der Waals surface area contributed by atoms with Crippen molar-refractivity contribution in [3.05, 3.63) is 60.2 Å². The predicted molar refractivity (Wildman–Crippen MR) is 108 cm³/mol. The Labute approximate surface area is 162 Å². The number of anilines is 1. The summed E-state index contributed by atoms with van der Waals surface area (Å²) in [5.74, 6) is 1.94. The molecule has 6 heteroatoms. The number of aryl methyl sites for hydroxylation is 1. The van der Waals surface area contributed by atoms with Crippen LogP contribution in [0.1, 0.15) is 5.56 Å². The van der Waals surface area contributed by atoms with Crippen LogP contribution in [-0.2, 0) is 4.74 Å². The Hall–Kier alpha value is -3.25. The van der Waals surface area contributed by atoms with Crippen molar-refractivity contribution in [3.8, 4) is 22.8 Å². The summed E-state index contributed by atoms with van der Waals surface area (Å²) >= 11 is 0. The molecule has 1 aliphatic heterocycles. The first-order valence-corrected chi connectivity index (χ1v) is 9.42. The van der Waals surface area contributed by atoms with Gasteiger partial charge in [0.05, 0.1) is 24.3 Å². The summed E-state index contributed by atoms with van der Waals surface area (Å²) in [5.41, 5.74) is 3.93. The maximum absolute atomic E-state index is 5.55. The average Bonchev–Trinajstić information content (AvgIpc) is 3.25. The van der Waals surface area contributed by atoms with Gasteiger partial charge in [-0.3, -0.25) is 0 Å². The van der Waals surface area contributed by atoms with E-state index in [4.69, 9.17) is 14.2 Å². The number of para-hydroxylation sites is 1. The van der Waals surface area contributed by atoms with E-state index < -0.39 is 0 Å². The van der Waals surface area contributed by atoms with Gasteiger partial charge in [-0.05, 0) is 30.7 Å². The lowest BCUT2D eigenvalue weighted by Gasteiger charge is -2.29. The van der Waals surface area contributed by atoms with Gasteiger partial charge in [0, 0.05) is 24.0 Å². The number of ether oxygens (including phenoxy) is 1. The monoisotopic (exact) mass is 372 g/mol. The van der Waals surface area contributed by atoms with E-state index in [1.165, 1.54) is 0 Å². The molecule has 0 spiro atoms. The third kappa shape index (κ3) is 3.01. The van der Waals surface area contributed by atoms with E-state index >= 15 is 0 Å². The van der Waals surface area contributed by atoms with Crippen molar-refractivity contribution in [2.45, 2.75) is 6.92 Å². The first kappa shape index (κ1) is 16.9. The van der Waals surface area contributed by atoms with Crippen LogP contribution in [0, 0.1) is 6.92 Å². The molecule has 6 nitrogen and oxygen atoms in total. The van der Waals surface area contributed by atoms with Crippen molar-refractivity contribution in [2.75, 3.05) is 31.2 Å². The fourth-order valence-corrected chi connectivity index (χ4v) is 3.55. The topological polar surface area (TPSA) is 64.3 Å². The number of fused-ring (bicyclic) bond motifs is 1. The zero-order chi connectivity index (χ0) is 18.9. The Morgan fingerprint density at radius 1 is 0.929 bits per heavy atom. The fraction of sp³-hybridized carbons (Fsp3) is 0.227. The Bertz CT molecular complexity index is 1120. The Morgan fingerprint density at radius 3 is 2.57 bits per heavy atom. The van der Waals surface area contributed by atoms with Crippen LogP contribution < -0.4 is 4.90 Å². The van der Waals surface area contributed by atoms with Crippen LogP contribution in [0.25, 0.3) is 33.7 Å². The Kier molecular flexibility index (Phi) is 4.25. The van der Waals surface area contributed by atoms with Crippen LogP contribution in [0.4, 0.5) is 5.82 Å². The van der Waals surface area contributed by atoms with Crippen LogP contribution in [0.3, 0.4) is 0 Å². The second-order valence-electron chi connectivity index (χ2n) is 6.89. The van der Waals surface area contributed by atoms with Gasteiger partial charge in [0.2, 0.25) is 5.82 Å². The molecule has 0 unspecified atom stereocenters. The normalized spacial score (nSPS) is 14.5.